The molecule has 0 saturated carbocycles. The lowest BCUT2D eigenvalue weighted by molar-refractivity contribution is -0.137. The zero-order valence-electron chi connectivity index (χ0n) is 12.1. The van der Waals surface area contributed by atoms with Gasteiger partial charge in [-0.25, -0.2) is 0 Å². The fourth-order valence-electron chi connectivity index (χ4n) is 1.87. The summed E-state index contributed by atoms with van der Waals surface area (Å²) < 4.78 is 38.0. The fraction of sp³-hybridized carbons (Fsp3) is 0.0588. The maximum atomic E-state index is 12.7. The Morgan fingerprint density at radius 3 is 2.50 bits per heavy atom. The van der Waals surface area contributed by atoms with Gasteiger partial charge in [0.1, 0.15) is 11.6 Å². The van der Waals surface area contributed by atoms with Gasteiger partial charge in [-0.3, -0.25) is 4.79 Å². The third-order valence-electron chi connectivity index (χ3n) is 3.02. The van der Waals surface area contributed by atoms with Crippen LogP contribution >= 0.6 is 11.6 Å². The number of carbonyl (C=O) groups excluding carboxylic acids is 1. The van der Waals surface area contributed by atoms with Crippen molar-refractivity contribution in [3.8, 4) is 6.07 Å². The van der Waals surface area contributed by atoms with Gasteiger partial charge in [0.25, 0.3) is 5.91 Å². The molecule has 0 unspecified atom stereocenters. The normalized spacial score (nSPS) is 11.7. The molecule has 0 bridgehead atoms. The van der Waals surface area contributed by atoms with Gasteiger partial charge >= 0.3 is 6.18 Å². The number of nitrogens with zero attached hydrogens (tertiary/aromatic N) is 1. The number of hydrogen-bond acceptors (Lipinski definition) is 2. The second-order valence-corrected chi connectivity index (χ2v) is 5.13. The summed E-state index contributed by atoms with van der Waals surface area (Å²) in [5.41, 5.74) is -0.778. The number of anilines is 1. The largest absolute Gasteiger partial charge is 0.416 e. The standard InChI is InChI=1S/C17H10ClF3N2O/c18-15-7-2-1-4-11(15)8-12(10-22)16(24)23-14-6-3-5-13(9-14)17(19,20)21/h1-9H,(H,23,24)/b12-8-. The Morgan fingerprint density at radius 1 is 1.17 bits per heavy atom. The minimum atomic E-state index is -4.52. The second-order valence-electron chi connectivity index (χ2n) is 4.72. The van der Waals surface area contributed by atoms with Crippen molar-refractivity contribution in [3.05, 3.63) is 70.3 Å². The van der Waals surface area contributed by atoms with Crippen LogP contribution in [0.2, 0.25) is 5.02 Å². The Morgan fingerprint density at radius 2 is 1.88 bits per heavy atom. The maximum Gasteiger partial charge on any atom is 0.416 e. The van der Waals surface area contributed by atoms with Crippen LogP contribution < -0.4 is 5.32 Å². The van der Waals surface area contributed by atoms with E-state index in [1.165, 1.54) is 18.2 Å². The summed E-state index contributed by atoms with van der Waals surface area (Å²) in [4.78, 5) is 12.1. The van der Waals surface area contributed by atoms with Crippen LogP contribution in [0.15, 0.2) is 54.1 Å². The average Bonchev–Trinajstić information content (AvgIpc) is 2.53. The van der Waals surface area contributed by atoms with Gasteiger partial charge in [-0.05, 0) is 35.9 Å². The highest BCUT2D eigenvalue weighted by molar-refractivity contribution is 6.32. The zero-order valence-corrected chi connectivity index (χ0v) is 12.8. The third-order valence-corrected chi connectivity index (χ3v) is 3.36. The van der Waals surface area contributed by atoms with E-state index in [1.807, 2.05) is 0 Å². The van der Waals surface area contributed by atoms with Crippen LogP contribution in [-0.4, -0.2) is 5.91 Å². The van der Waals surface area contributed by atoms with E-state index in [0.29, 0.717) is 10.6 Å². The highest BCUT2D eigenvalue weighted by atomic mass is 35.5. The molecule has 0 spiro atoms. The van der Waals surface area contributed by atoms with Gasteiger partial charge in [-0.1, -0.05) is 35.9 Å². The first-order chi connectivity index (χ1) is 11.3. The third kappa shape index (κ3) is 4.37. The molecule has 1 N–H and O–H groups in total. The van der Waals surface area contributed by atoms with Crippen LogP contribution in [-0.2, 0) is 11.0 Å². The predicted molar refractivity (Wildman–Crippen MR) is 85.1 cm³/mol. The Kier molecular flexibility index (Phi) is 5.27. The highest BCUT2D eigenvalue weighted by Gasteiger charge is 2.30. The van der Waals surface area contributed by atoms with Crippen LogP contribution in [0.4, 0.5) is 18.9 Å². The highest BCUT2D eigenvalue weighted by Crippen LogP contribution is 2.30. The fourth-order valence-corrected chi connectivity index (χ4v) is 2.06. The van der Waals surface area contributed by atoms with Crippen LogP contribution in [0.25, 0.3) is 6.08 Å². The summed E-state index contributed by atoms with van der Waals surface area (Å²) in [6.45, 7) is 0. The van der Waals surface area contributed by atoms with Crippen molar-refractivity contribution in [2.24, 2.45) is 0 Å². The van der Waals surface area contributed by atoms with Crippen molar-refractivity contribution in [1.82, 2.24) is 0 Å². The SMILES string of the molecule is N#C/C(=C/c1ccccc1Cl)C(=O)Nc1cccc(C(F)(F)F)c1. The van der Waals surface area contributed by atoms with Gasteiger partial charge in [-0.15, -0.1) is 0 Å². The van der Waals surface area contributed by atoms with Crippen LogP contribution in [0, 0.1) is 11.3 Å². The molecule has 0 radical (unpaired) electrons. The molecule has 0 aromatic heterocycles. The molecule has 0 aliphatic heterocycles. The summed E-state index contributed by atoms with van der Waals surface area (Å²) in [7, 11) is 0. The summed E-state index contributed by atoms with van der Waals surface area (Å²) >= 11 is 5.95. The van der Waals surface area contributed by atoms with Crippen molar-refractivity contribution < 1.29 is 18.0 Å². The van der Waals surface area contributed by atoms with E-state index in [1.54, 1.807) is 30.3 Å². The maximum absolute atomic E-state index is 12.7. The minimum Gasteiger partial charge on any atom is -0.321 e. The van der Waals surface area contributed by atoms with Crippen molar-refractivity contribution in [3.63, 3.8) is 0 Å². The molecule has 7 heteroatoms. The van der Waals surface area contributed by atoms with Gasteiger partial charge in [0, 0.05) is 10.7 Å². The predicted octanol–water partition coefficient (Wildman–Crippen LogP) is 4.90. The Hall–Kier alpha value is -2.78. The molecule has 1 amide bonds. The van der Waals surface area contributed by atoms with Gasteiger partial charge in [0.05, 0.1) is 5.56 Å². The van der Waals surface area contributed by atoms with Gasteiger partial charge in [0.15, 0.2) is 0 Å². The molecule has 2 rings (SSSR count). The number of alkyl halides is 3. The summed E-state index contributed by atoms with van der Waals surface area (Å²) in [5, 5.41) is 11.7. The molecule has 0 fully saturated rings. The van der Waals surface area contributed by atoms with Crippen molar-refractivity contribution in [1.29, 1.82) is 5.26 Å². The van der Waals surface area contributed by atoms with E-state index in [2.05, 4.69) is 5.32 Å². The molecule has 0 aliphatic rings. The molecule has 24 heavy (non-hydrogen) atoms. The number of amides is 1. The van der Waals surface area contributed by atoms with Crippen molar-refractivity contribution in [2.75, 3.05) is 5.32 Å². The first kappa shape index (κ1) is 17.6. The number of hydrogen-bond donors (Lipinski definition) is 1. The number of benzene rings is 2. The average molecular weight is 351 g/mol. The van der Waals surface area contributed by atoms with Crippen molar-refractivity contribution in [2.45, 2.75) is 6.18 Å². The Bertz CT molecular complexity index is 838. The molecule has 0 atom stereocenters. The number of nitrogens with one attached hydrogen (secondary N) is 1. The van der Waals surface area contributed by atoms with E-state index in [-0.39, 0.29) is 11.3 Å². The lowest BCUT2D eigenvalue weighted by Crippen LogP contribution is -2.14. The first-order valence-corrected chi connectivity index (χ1v) is 7.04. The van der Waals surface area contributed by atoms with E-state index in [9.17, 15) is 18.0 Å². The Labute approximate surface area is 141 Å². The molecule has 3 nitrogen and oxygen atoms in total. The Balaban J connectivity index is 2.25. The van der Waals surface area contributed by atoms with Gasteiger partial charge < -0.3 is 5.32 Å². The molecule has 0 heterocycles. The van der Waals surface area contributed by atoms with E-state index in [0.717, 1.165) is 12.1 Å². The van der Waals surface area contributed by atoms with Crippen molar-refractivity contribution >= 4 is 29.3 Å². The molecule has 2 aromatic carbocycles. The summed E-state index contributed by atoms with van der Waals surface area (Å²) in [6.07, 6.45) is -3.25. The van der Waals surface area contributed by atoms with E-state index in [4.69, 9.17) is 16.9 Å². The van der Waals surface area contributed by atoms with Crippen LogP contribution in [0.3, 0.4) is 0 Å². The van der Waals surface area contributed by atoms with E-state index >= 15 is 0 Å². The number of nitriles is 1. The second kappa shape index (κ2) is 7.20. The molecular weight excluding hydrogens is 341 g/mol. The molecule has 0 aliphatic carbocycles. The van der Waals surface area contributed by atoms with Gasteiger partial charge in [0.2, 0.25) is 0 Å². The molecule has 122 valence electrons. The molecule has 2 aromatic rings. The monoisotopic (exact) mass is 350 g/mol. The lowest BCUT2D eigenvalue weighted by atomic mass is 10.1. The number of carbonyl (C=O) groups is 1. The molecule has 0 saturated heterocycles. The zero-order chi connectivity index (χ0) is 17.7. The minimum absolute atomic E-state index is 0.0601. The summed E-state index contributed by atoms with van der Waals surface area (Å²) in [6, 6.07) is 12.4. The summed E-state index contributed by atoms with van der Waals surface area (Å²) in [5.74, 6) is -0.822. The smallest absolute Gasteiger partial charge is 0.321 e. The van der Waals surface area contributed by atoms with E-state index < -0.39 is 17.6 Å². The number of rotatable bonds is 3. The number of halogens is 4. The quantitative estimate of drug-likeness (QED) is 0.632. The topological polar surface area (TPSA) is 52.9 Å². The lowest BCUT2D eigenvalue weighted by Gasteiger charge is -2.09. The van der Waals surface area contributed by atoms with Gasteiger partial charge in [-0.2, -0.15) is 18.4 Å². The molecular formula is C17H10ClF3N2O. The van der Waals surface area contributed by atoms with Crippen LogP contribution in [0.1, 0.15) is 11.1 Å². The van der Waals surface area contributed by atoms with Crippen LogP contribution in [0.5, 0.6) is 0 Å². The first-order valence-electron chi connectivity index (χ1n) is 6.66.